The van der Waals surface area contributed by atoms with Crippen LogP contribution < -0.4 is 5.73 Å². The van der Waals surface area contributed by atoms with Gasteiger partial charge in [0.05, 0.1) is 0 Å². The summed E-state index contributed by atoms with van der Waals surface area (Å²) in [5.41, 5.74) is 6.42. The van der Waals surface area contributed by atoms with Crippen LogP contribution >= 0.6 is 23.2 Å². The molecule has 1 aromatic rings. The second kappa shape index (κ2) is 5.56. The summed E-state index contributed by atoms with van der Waals surface area (Å²) in [6.45, 7) is 0.513. The molecule has 0 saturated heterocycles. The Morgan fingerprint density at radius 1 is 1.36 bits per heavy atom. The molecule has 1 aromatic carbocycles. The van der Waals surface area contributed by atoms with E-state index in [0.717, 1.165) is 5.56 Å². The van der Waals surface area contributed by atoms with Crippen LogP contribution in [0.25, 0.3) is 0 Å². The van der Waals surface area contributed by atoms with E-state index in [1.165, 1.54) is 0 Å². The van der Waals surface area contributed by atoms with E-state index < -0.39 is 0 Å². The smallest absolute Gasteiger partial charge is 0.0474 e. The van der Waals surface area contributed by atoms with E-state index in [4.69, 9.17) is 34.0 Å². The first-order valence-electron chi connectivity index (χ1n) is 4.42. The Kier molecular flexibility index (Phi) is 4.69. The van der Waals surface area contributed by atoms with Crippen molar-refractivity contribution in [2.45, 2.75) is 6.42 Å². The Morgan fingerprint density at radius 2 is 2.07 bits per heavy atom. The van der Waals surface area contributed by atoms with Gasteiger partial charge < -0.3 is 10.8 Å². The standard InChI is InChI=1S/C10H13Cl2NO/c11-9-1-2-10(12)8(4-9)3-7(5-13)6-14/h1-2,4,7,14H,3,5-6,13H2. The molecule has 14 heavy (non-hydrogen) atoms. The van der Waals surface area contributed by atoms with Crippen molar-refractivity contribution in [3.63, 3.8) is 0 Å². The fraction of sp³-hybridized carbons (Fsp3) is 0.400. The summed E-state index contributed by atoms with van der Waals surface area (Å²) in [6, 6.07) is 5.30. The molecule has 0 radical (unpaired) electrons. The van der Waals surface area contributed by atoms with Crippen molar-refractivity contribution in [3.8, 4) is 0 Å². The highest BCUT2D eigenvalue weighted by molar-refractivity contribution is 6.33. The zero-order chi connectivity index (χ0) is 10.6. The first kappa shape index (κ1) is 11.8. The third kappa shape index (κ3) is 3.14. The topological polar surface area (TPSA) is 46.2 Å². The predicted octanol–water partition coefficient (Wildman–Crippen LogP) is 2.10. The van der Waals surface area contributed by atoms with Crippen LogP contribution in [0.3, 0.4) is 0 Å². The lowest BCUT2D eigenvalue weighted by Gasteiger charge is -2.12. The summed E-state index contributed by atoms with van der Waals surface area (Å²) in [5, 5.41) is 10.3. The third-order valence-corrected chi connectivity index (χ3v) is 2.71. The van der Waals surface area contributed by atoms with Gasteiger partial charge in [-0.05, 0) is 42.6 Å². The van der Waals surface area contributed by atoms with Crippen LogP contribution in [0.4, 0.5) is 0 Å². The SMILES string of the molecule is NCC(CO)Cc1cc(Cl)ccc1Cl. The third-order valence-electron chi connectivity index (χ3n) is 2.11. The summed E-state index contributed by atoms with van der Waals surface area (Å²) in [7, 11) is 0. The van der Waals surface area contributed by atoms with Crippen LogP contribution in [0.15, 0.2) is 18.2 Å². The maximum Gasteiger partial charge on any atom is 0.0474 e. The molecule has 1 unspecified atom stereocenters. The number of aliphatic hydroxyl groups excluding tert-OH is 1. The van der Waals surface area contributed by atoms with Gasteiger partial charge in [0.25, 0.3) is 0 Å². The molecule has 0 aliphatic rings. The Labute approximate surface area is 93.6 Å². The molecule has 0 fully saturated rings. The van der Waals surface area contributed by atoms with E-state index in [9.17, 15) is 0 Å². The van der Waals surface area contributed by atoms with Crippen LogP contribution in [0.2, 0.25) is 10.0 Å². The molecule has 0 aliphatic heterocycles. The van der Waals surface area contributed by atoms with E-state index in [-0.39, 0.29) is 12.5 Å². The van der Waals surface area contributed by atoms with E-state index in [1.807, 2.05) is 6.07 Å². The van der Waals surface area contributed by atoms with Gasteiger partial charge in [0.1, 0.15) is 0 Å². The molecule has 0 aromatic heterocycles. The zero-order valence-electron chi connectivity index (χ0n) is 7.71. The highest BCUT2D eigenvalue weighted by atomic mass is 35.5. The van der Waals surface area contributed by atoms with Crippen LogP contribution in [-0.2, 0) is 6.42 Å². The lowest BCUT2D eigenvalue weighted by atomic mass is 10.0. The predicted molar refractivity (Wildman–Crippen MR) is 59.8 cm³/mol. The molecule has 0 amide bonds. The van der Waals surface area contributed by atoms with Crippen LogP contribution in [-0.4, -0.2) is 18.3 Å². The van der Waals surface area contributed by atoms with Crippen molar-refractivity contribution < 1.29 is 5.11 Å². The average Bonchev–Trinajstić information content (AvgIpc) is 2.19. The summed E-state index contributed by atoms with van der Waals surface area (Å²) in [6.07, 6.45) is 0.659. The Morgan fingerprint density at radius 3 is 2.64 bits per heavy atom. The van der Waals surface area contributed by atoms with Crippen molar-refractivity contribution in [2.75, 3.05) is 13.2 Å². The van der Waals surface area contributed by atoms with Gasteiger partial charge in [-0.3, -0.25) is 0 Å². The summed E-state index contributed by atoms with van der Waals surface area (Å²) < 4.78 is 0. The van der Waals surface area contributed by atoms with Gasteiger partial charge in [0, 0.05) is 16.7 Å². The molecule has 0 saturated carbocycles. The molecule has 0 bridgehead atoms. The Bertz CT molecular complexity index is 300. The highest BCUT2D eigenvalue weighted by Crippen LogP contribution is 2.22. The number of hydrogen-bond acceptors (Lipinski definition) is 2. The first-order valence-corrected chi connectivity index (χ1v) is 5.17. The van der Waals surface area contributed by atoms with Gasteiger partial charge in [-0.2, -0.15) is 0 Å². The minimum absolute atomic E-state index is 0.0472. The zero-order valence-corrected chi connectivity index (χ0v) is 9.22. The summed E-state index contributed by atoms with van der Waals surface area (Å²) in [4.78, 5) is 0. The summed E-state index contributed by atoms with van der Waals surface area (Å²) >= 11 is 11.8. The number of halogens is 2. The molecular formula is C10H13Cl2NO. The molecule has 2 nitrogen and oxygen atoms in total. The Hall–Kier alpha value is -0.280. The molecule has 0 aliphatic carbocycles. The van der Waals surface area contributed by atoms with E-state index in [0.29, 0.717) is 23.0 Å². The van der Waals surface area contributed by atoms with Crippen molar-refractivity contribution in [1.29, 1.82) is 0 Å². The molecule has 0 heterocycles. The van der Waals surface area contributed by atoms with Crippen molar-refractivity contribution in [3.05, 3.63) is 33.8 Å². The van der Waals surface area contributed by atoms with Crippen molar-refractivity contribution in [2.24, 2.45) is 11.7 Å². The minimum atomic E-state index is 0.0472. The number of hydrogen-bond donors (Lipinski definition) is 2. The fourth-order valence-corrected chi connectivity index (χ4v) is 1.62. The number of benzene rings is 1. The van der Waals surface area contributed by atoms with E-state index in [2.05, 4.69) is 0 Å². The van der Waals surface area contributed by atoms with Gasteiger partial charge in [-0.1, -0.05) is 23.2 Å². The molecule has 3 N–H and O–H groups in total. The Balaban J connectivity index is 2.79. The van der Waals surface area contributed by atoms with Crippen LogP contribution in [0, 0.1) is 5.92 Å². The molecule has 1 rings (SSSR count). The summed E-state index contributed by atoms with van der Waals surface area (Å²) in [5.74, 6) is 0.0472. The normalized spacial score (nSPS) is 12.9. The second-order valence-electron chi connectivity index (χ2n) is 3.22. The van der Waals surface area contributed by atoms with Gasteiger partial charge in [-0.25, -0.2) is 0 Å². The fourth-order valence-electron chi connectivity index (χ4n) is 1.23. The first-order chi connectivity index (χ1) is 6.67. The molecule has 1 atom stereocenters. The maximum absolute atomic E-state index is 8.99. The quantitative estimate of drug-likeness (QED) is 0.837. The number of nitrogens with two attached hydrogens (primary N) is 1. The van der Waals surface area contributed by atoms with Gasteiger partial charge in [-0.15, -0.1) is 0 Å². The highest BCUT2D eigenvalue weighted by Gasteiger charge is 2.09. The lowest BCUT2D eigenvalue weighted by Crippen LogP contribution is -2.20. The molecular weight excluding hydrogens is 221 g/mol. The molecule has 4 heteroatoms. The maximum atomic E-state index is 8.99. The number of rotatable bonds is 4. The lowest BCUT2D eigenvalue weighted by molar-refractivity contribution is 0.230. The minimum Gasteiger partial charge on any atom is -0.396 e. The average molecular weight is 234 g/mol. The second-order valence-corrected chi connectivity index (χ2v) is 4.07. The van der Waals surface area contributed by atoms with E-state index in [1.54, 1.807) is 12.1 Å². The van der Waals surface area contributed by atoms with Crippen LogP contribution in [0.5, 0.6) is 0 Å². The van der Waals surface area contributed by atoms with Gasteiger partial charge >= 0.3 is 0 Å². The van der Waals surface area contributed by atoms with Crippen LogP contribution in [0.1, 0.15) is 5.56 Å². The molecule has 78 valence electrons. The van der Waals surface area contributed by atoms with Crippen molar-refractivity contribution >= 4 is 23.2 Å². The van der Waals surface area contributed by atoms with Gasteiger partial charge in [0.15, 0.2) is 0 Å². The van der Waals surface area contributed by atoms with E-state index >= 15 is 0 Å². The number of aliphatic hydroxyl groups is 1. The van der Waals surface area contributed by atoms with Gasteiger partial charge in [0.2, 0.25) is 0 Å². The largest absolute Gasteiger partial charge is 0.396 e. The monoisotopic (exact) mass is 233 g/mol. The molecule has 0 spiro atoms. The van der Waals surface area contributed by atoms with Crippen molar-refractivity contribution in [1.82, 2.24) is 0 Å².